The van der Waals surface area contributed by atoms with E-state index in [0.29, 0.717) is 21.6 Å². The highest BCUT2D eigenvalue weighted by atomic mass is 35.5. The molecule has 116 valence electrons. The number of sulfonamides is 1. The molecule has 11 heteroatoms. The summed E-state index contributed by atoms with van der Waals surface area (Å²) >= 11 is 6.93. The molecule has 1 unspecified atom stereocenters. The second kappa shape index (κ2) is 5.25. The summed E-state index contributed by atoms with van der Waals surface area (Å²) < 4.78 is 24.3. The number of nitrogens with two attached hydrogens (primary N) is 2. The van der Waals surface area contributed by atoms with Gasteiger partial charge in [0.1, 0.15) is 4.21 Å². The number of rotatable bonds is 3. The van der Waals surface area contributed by atoms with Crippen molar-refractivity contribution in [2.45, 2.75) is 10.3 Å². The average molecular weight is 359 g/mol. The van der Waals surface area contributed by atoms with Gasteiger partial charge in [-0.15, -0.1) is 11.3 Å². The Hall–Kier alpha value is -1.59. The van der Waals surface area contributed by atoms with E-state index in [2.05, 4.69) is 15.1 Å². The van der Waals surface area contributed by atoms with Crippen molar-refractivity contribution in [3.8, 4) is 0 Å². The Morgan fingerprint density at radius 3 is 2.73 bits per heavy atom. The van der Waals surface area contributed by atoms with Gasteiger partial charge in [-0.1, -0.05) is 0 Å². The lowest BCUT2D eigenvalue weighted by Crippen LogP contribution is -2.13. The average Bonchev–Trinajstić information content (AvgIpc) is 3.05. The first kappa shape index (κ1) is 15.3. The van der Waals surface area contributed by atoms with Gasteiger partial charge >= 0.3 is 0 Å². The molecular formula is C11H11ClN6O2S2. The number of nitrogens with zero attached hydrogens (tertiary/aromatic N) is 4. The zero-order valence-electron chi connectivity index (χ0n) is 11.3. The Balaban J connectivity index is 2.13. The van der Waals surface area contributed by atoms with E-state index in [0.717, 1.165) is 11.3 Å². The molecule has 3 rings (SSSR count). The van der Waals surface area contributed by atoms with Crippen molar-refractivity contribution in [2.75, 3.05) is 0 Å². The zero-order chi connectivity index (χ0) is 16.1. The molecule has 0 aliphatic carbocycles. The van der Waals surface area contributed by atoms with Crippen LogP contribution in [0.2, 0.25) is 5.28 Å². The van der Waals surface area contributed by atoms with Crippen LogP contribution in [0.4, 0.5) is 0 Å². The van der Waals surface area contributed by atoms with E-state index in [1.807, 2.05) is 0 Å². The monoisotopic (exact) mass is 358 g/mol. The van der Waals surface area contributed by atoms with Crippen molar-refractivity contribution in [3.05, 3.63) is 34.2 Å². The largest absolute Gasteiger partial charge is 0.318 e. The van der Waals surface area contributed by atoms with Gasteiger partial charge in [-0.3, -0.25) is 4.68 Å². The van der Waals surface area contributed by atoms with Gasteiger partial charge in [-0.25, -0.2) is 18.5 Å². The molecule has 0 amide bonds. The Bertz CT molecular complexity index is 964. The third kappa shape index (κ3) is 2.59. The molecule has 1 atom stereocenters. The summed E-state index contributed by atoms with van der Waals surface area (Å²) in [7, 11) is -2.03. The quantitative estimate of drug-likeness (QED) is 0.665. The molecule has 0 aromatic carbocycles. The number of aryl methyl sites for hydroxylation is 1. The van der Waals surface area contributed by atoms with Gasteiger partial charge < -0.3 is 5.73 Å². The lowest BCUT2D eigenvalue weighted by atomic mass is 10.1. The third-order valence-corrected chi connectivity index (χ3v) is 5.85. The fourth-order valence-electron chi connectivity index (χ4n) is 2.04. The Labute approximate surface area is 134 Å². The third-order valence-electron chi connectivity index (χ3n) is 3.08. The summed E-state index contributed by atoms with van der Waals surface area (Å²) in [5.74, 6) is 0. The maximum atomic E-state index is 11.4. The second-order valence-corrected chi connectivity index (χ2v) is 7.80. The van der Waals surface area contributed by atoms with Gasteiger partial charge in [-0.2, -0.15) is 10.1 Å². The SMILES string of the molecule is Cn1ncc2c(C(N)c3ccc(S(N)(=O)=O)s3)nc(Cl)nc21. The zero-order valence-corrected chi connectivity index (χ0v) is 13.7. The van der Waals surface area contributed by atoms with Crippen LogP contribution in [0, 0.1) is 0 Å². The van der Waals surface area contributed by atoms with Gasteiger partial charge in [0.15, 0.2) is 5.65 Å². The number of hydrogen-bond acceptors (Lipinski definition) is 7. The predicted octanol–water partition coefficient (Wildman–Crippen LogP) is 0.774. The molecule has 4 N–H and O–H groups in total. The molecule has 3 heterocycles. The summed E-state index contributed by atoms with van der Waals surface area (Å²) in [4.78, 5) is 8.87. The summed E-state index contributed by atoms with van der Waals surface area (Å²) in [5, 5.41) is 9.92. The molecule has 0 saturated heterocycles. The van der Waals surface area contributed by atoms with Crippen molar-refractivity contribution in [1.82, 2.24) is 19.7 Å². The molecule has 22 heavy (non-hydrogen) atoms. The fourth-order valence-corrected chi connectivity index (χ4v) is 3.97. The molecule has 0 aliphatic heterocycles. The van der Waals surface area contributed by atoms with Gasteiger partial charge in [0, 0.05) is 11.9 Å². The summed E-state index contributed by atoms with van der Waals surface area (Å²) in [6.07, 6.45) is 1.59. The standard InChI is InChI=1S/C11H11ClN6O2S2/c1-18-10-5(4-15-18)9(16-11(12)17-10)8(13)6-2-3-7(21-6)22(14,19)20/h2-4,8H,13H2,1H3,(H2,14,19,20). The molecule has 0 bridgehead atoms. The van der Waals surface area contributed by atoms with E-state index in [-0.39, 0.29) is 9.49 Å². The number of primary sulfonamides is 1. The van der Waals surface area contributed by atoms with E-state index in [1.54, 1.807) is 24.0 Å². The van der Waals surface area contributed by atoms with Crippen LogP contribution < -0.4 is 10.9 Å². The summed E-state index contributed by atoms with van der Waals surface area (Å²) in [6, 6.07) is 2.36. The van der Waals surface area contributed by atoms with Crippen LogP contribution in [-0.2, 0) is 17.1 Å². The first-order valence-corrected chi connectivity index (χ1v) is 8.74. The van der Waals surface area contributed by atoms with E-state index >= 15 is 0 Å². The van der Waals surface area contributed by atoms with Crippen LogP contribution in [-0.4, -0.2) is 28.2 Å². The molecule has 0 saturated carbocycles. The van der Waals surface area contributed by atoms with Crippen LogP contribution in [0.1, 0.15) is 16.6 Å². The minimum absolute atomic E-state index is 0.0422. The topological polar surface area (TPSA) is 130 Å². The van der Waals surface area contributed by atoms with Crippen LogP contribution >= 0.6 is 22.9 Å². The molecule has 3 aromatic rings. The minimum atomic E-state index is -3.76. The van der Waals surface area contributed by atoms with Crippen molar-refractivity contribution in [1.29, 1.82) is 0 Å². The number of halogens is 1. The van der Waals surface area contributed by atoms with E-state index in [1.165, 1.54) is 6.07 Å². The molecule has 0 aliphatic rings. The summed E-state index contributed by atoms with van der Waals surface area (Å²) in [6.45, 7) is 0. The van der Waals surface area contributed by atoms with Crippen LogP contribution in [0.5, 0.6) is 0 Å². The molecule has 3 aromatic heterocycles. The Morgan fingerprint density at radius 2 is 2.09 bits per heavy atom. The van der Waals surface area contributed by atoms with Gasteiger partial charge in [0.2, 0.25) is 15.3 Å². The number of hydrogen-bond donors (Lipinski definition) is 2. The predicted molar refractivity (Wildman–Crippen MR) is 83.0 cm³/mol. The Kier molecular flexibility index (Phi) is 3.65. The molecule has 0 radical (unpaired) electrons. The second-order valence-electron chi connectivity index (χ2n) is 4.56. The molecular weight excluding hydrogens is 348 g/mol. The van der Waals surface area contributed by atoms with E-state index in [9.17, 15) is 8.42 Å². The van der Waals surface area contributed by atoms with Crippen molar-refractivity contribution in [3.63, 3.8) is 0 Å². The van der Waals surface area contributed by atoms with Crippen LogP contribution in [0.25, 0.3) is 11.0 Å². The fraction of sp³-hybridized carbons (Fsp3) is 0.182. The van der Waals surface area contributed by atoms with Gasteiger partial charge in [0.05, 0.1) is 23.3 Å². The highest BCUT2D eigenvalue weighted by Crippen LogP contribution is 2.31. The number of fused-ring (bicyclic) bond motifs is 1. The molecule has 0 spiro atoms. The number of thiophene rings is 1. The minimum Gasteiger partial charge on any atom is -0.318 e. The normalized spacial score (nSPS) is 13.6. The van der Waals surface area contributed by atoms with E-state index < -0.39 is 16.1 Å². The van der Waals surface area contributed by atoms with Crippen LogP contribution in [0.3, 0.4) is 0 Å². The lowest BCUT2D eigenvalue weighted by molar-refractivity contribution is 0.600. The smallest absolute Gasteiger partial charge is 0.247 e. The van der Waals surface area contributed by atoms with Crippen molar-refractivity contribution < 1.29 is 8.42 Å². The lowest BCUT2D eigenvalue weighted by Gasteiger charge is -2.10. The van der Waals surface area contributed by atoms with Crippen molar-refractivity contribution in [2.24, 2.45) is 17.9 Å². The maximum Gasteiger partial charge on any atom is 0.247 e. The number of aromatic nitrogens is 4. The highest BCUT2D eigenvalue weighted by Gasteiger charge is 2.21. The van der Waals surface area contributed by atoms with Gasteiger partial charge in [-0.05, 0) is 23.7 Å². The molecule has 0 fully saturated rings. The Morgan fingerprint density at radius 1 is 1.36 bits per heavy atom. The molecule has 8 nitrogen and oxygen atoms in total. The first-order chi connectivity index (χ1) is 10.3. The van der Waals surface area contributed by atoms with Crippen LogP contribution in [0.15, 0.2) is 22.5 Å². The van der Waals surface area contributed by atoms with Crippen molar-refractivity contribution >= 4 is 44.0 Å². The summed E-state index contributed by atoms with van der Waals surface area (Å²) in [5.41, 5.74) is 7.23. The highest BCUT2D eigenvalue weighted by molar-refractivity contribution is 7.91. The van der Waals surface area contributed by atoms with Gasteiger partial charge in [0.25, 0.3) is 0 Å². The first-order valence-electron chi connectivity index (χ1n) is 6.00. The van der Waals surface area contributed by atoms with E-state index in [4.69, 9.17) is 22.5 Å². The maximum absolute atomic E-state index is 11.4.